The molecule has 3 aromatic rings. The number of benzene rings is 1. The van der Waals surface area contributed by atoms with Gasteiger partial charge in [0.25, 0.3) is 0 Å². The first-order valence-electron chi connectivity index (χ1n) is 9.52. The summed E-state index contributed by atoms with van der Waals surface area (Å²) in [6.07, 6.45) is 5.34. The molecule has 30 heavy (non-hydrogen) atoms. The molecule has 3 heterocycles. The Morgan fingerprint density at radius 1 is 0.967 bits per heavy atom. The number of anilines is 2. The third kappa shape index (κ3) is 4.19. The molecule has 10 heteroatoms. The molecule has 2 aromatic heterocycles. The summed E-state index contributed by atoms with van der Waals surface area (Å²) < 4.78 is 29.3. The van der Waals surface area contributed by atoms with Crippen LogP contribution in [0.3, 0.4) is 0 Å². The molecule has 1 aliphatic heterocycles. The van der Waals surface area contributed by atoms with Crippen LogP contribution in [0.15, 0.2) is 66.1 Å². The minimum absolute atomic E-state index is 0.202. The molecule has 1 aliphatic rings. The van der Waals surface area contributed by atoms with Crippen LogP contribution in [0.4, 0.5) is 11.5 Å². The molecule has 1 N–H and O–H groups in total. The van der Waals surface area contributed by atoms with Crippen molar-refractivity contribution < 1.29 is 13.2 Å². The highest BCUT2D eigenvalue weighted by atomic mass is 32.2. The van der Waals surface area contributed by atoms with Crippen molar-refractivity contribution in [1.82, 2.24) is 18.8 Å². The minimum Gasteiger partial charge on any atom is -0.354 e. The summed E-state index contributed by atoms with van der Waals surface area (Å²) in [6, 6.07) is 12.0. The van der Waals surface area contributed by atoms with E-state index in [0.717, 1.165) is 11.6 Å². The Morgan fingerprint density at radius 3 is 2.23 bits per heavy atom. The highest BCUT2D eigenvalue weighted by Gasteiger charge is 2.29. The molecule has 1 amide bonds. The molecule has 0 atom stereocenters. The third-order valence-electron chi connectivity index (χ3n) is 4.88. The second-order valence-corrected chi connectivity index (χ2v) is 8.86. The molecule has 156 valence electrons. The number of piperazine rings is 1. The molecule has 0 spiro atoms. The number of sulfonamides is 1. The van der Waals surface area contributed by atoms with Crippen molar-refractivity contribution in [3.8, 4) is 5.82 Å². The molecule has 9 nitrogen and oxygen atoms in total. The fourth-order valence-electron chi connectivity index (χ4n) is 3.36. The zero-order valence-electron chi connectivity index (χ0n) is 16.5. The first-order valence-corrected chi connectivity index (χ1v) is 11.0. The summed E-state index contributed by atoms with van der Waals surface area (Å²) in [4.78, 5) is 22.0. The summed E-state index contributed by atoms with van der Waals surface area (Å²) in [5.41, 5.74) is 0.563. The zero-order chi connectivity index (χ0) is 21.1. The molecule has 0 radical (unpaired) electrons. The maximum absolute atomic E-state index is 13.0. The number of carbonyl (C=O) groups excluding carboxylic acids is 1. The fraction of sp³-hybridized carbons (Fsp3) is 0.250. The Morgan fingerprint density at radius 2 is 1.60 bits per heavy atom. The van der Waals surface area contributed by atoms with Crippen molar-refractivity contribution in [3.05, 3.63) is 61.2 Å². The van der Waals surface area contributed by atoms with Gasteiger partial charge >= 0.3 is 0 Å². The summed E-state index contributed by atoms with van der Waals surface area (Å²) in [6.45, 7) is 3.19. The Hall–Kier alpha value is -3.24. The smallest absolute Gasteiger partial charge is 0.243 e. The lowest BCUT2D eigenvalue weighted by Gasteiger charge is -2.34. The molecule has 0 saturated carbocycles. The van der Waals surface area contributed by atoms with E-state index in [2.05, 4.69) is 20.2 Å². The average molecular weight is 427 g/mol. The monoisotopic (exact) mass is 426 g/mol. The quantitative estimate of drug-likeness (QED) is 0.667. The lowest BCUT2D eigenvalue weighted by atomic mass is 10.3. The van der Waals surface area contributed by atoms with E-state index in [-0.39, 0.29) is 10.8 Å². The van der Waals surface area contributed by atoms with E-state index in [1.807, 2.05) is 35.2 Å². The second-order valence-electron chi connectivity index (χ2n) is 6.92. The van der Waals surface area contributed by atoms with Gasteiger partial charge in [-0.05, 0) is 36.4 Å². The third-order valence-corrected chi connectivity index (χ3v) is 6.80. The van der Waals surface area contributed by atoms with E-state index in [9.17, 15) is 13.2 Å². The standard InChI is InChI=1S/C20H22N6O3S/c1-16(27)23-17-4-6-18(7-5-17)30(28,29)26-12-10-25(11-13-26)20-14-19(21-15-22-20)24-8-2-3-9-24/h2-9,14-15H,10-13H2,1H3,(H,23,27). The van der Waals surface area contributed by atoms with Crippen LogP contribution in [0.1, 0.15) is 6.92 Å². The summed E-state index contributed by atoms with van der Waals surface area (Å²) in [7, 11) is -3.60. The van der Waals surface area contributed by atoms with Crippen LogP contribution < -0.4 is 10.2 Å². The maximum atomic E-state index is 13.0. The normalized spacial score (nSPS) is 15.2. The summed E-state index contributed by atoms with van der Waals surface area (Å²) in [5.74, 6) is 1.33. The number of hydrogen-bond acceptors (Lipinski definition) is 6. The number of amides is 1. The van der Waals surface area contributed by atoms with Gasteiger partial charge in [-0.2, -0.15) is 4.31 Å². The van der Waals surface area contributed by atoms with Gasteiger partial charge in [0.15, 0.2) is 0 Å². The minimum atomic E-state index is -3.60. The van der Waals surface area contributed by atoms with Crippen LogP contribution >= 0.6 is 0 Å². The molecule has 1 aromatic carbocycles. The molecule has 0 unspecified atom stereocenters. The van der Waals surface area contributed by atoms with Gasteiger partial charge in [-0.3, -0.25) is 4.79 Å². The lowest BCUT2D eigenvalue weighted by Crippen LogP contribution is -2.48. The zero-order valence-corrected chi connectivity index (χ0v) is 17.3. The van der Waals surface area contributed by atoms with E-state index in [4.69, 9.17) is 0 Å². The van der Waals surface area contributed by atoms with Crippen molar-refractivity contribution in [2.24, 2.45) is 0 Å². The van der Waals surface area contributed by atoms with Gasteiger partial charge in [-0.25, -0.2) is 18.4 Å². The number of aromatic nitrogens is 3. The van der Waals surface area contributed by atoms with Crippen LogP contribution in [-0.2, 0) is 14.8 Å². The average Bonchev–Trinajstić information content (AvgIpc) is 3.29. The summed E-state index contributed by atoms with van der Waals surface area (Å²) in [5, 5.41) is 2.63. The number of hydrogen-bond donors (Lipinski definition) is 1. The molecular weight excluding hydrogens is 404 g/mol. The second kappa shape index (κ2) is 8.25. The Kier molecular flexibility index (Phi) is 5.51. The molecule has 0 aliphatic carbocycles. The Labute approximate surface area is 175 Å². The van der Waals surface area contributed by atoms with Gasteiger partial charge in [0, 0.05) is 57.3 Å². The highest BCUT2D eigenvalue weighted by molar-refractivity contribution is 7.89. The van der Waals surface area contributed by atoms with E-state index < -0.39 is 10.0 Å². The predicted molar refractivity (Wildman–Crippen MR) is 113 cm³/mol. The Bertz CT molecular complexity index is 1120. The highest BCUT2D eigenvalue weighted by Crippen LogP contribution is 2.22. The van der Waals surface area contributed by atoms with Gasteiger partial charge in [0.1, 0.15) is 18.0 Å². The number of carbonyl (C=O) groups is 1. The van der Waals surface area contributed by atoms with Crippen LogP contribution in [0.25, 0.3) is 5.82 Å². The van der Waals surface area contributed by atoms with E-state index >= 15 is 0 Å². The van der Waals surface area contributed by atoms with E-state index in [0.29, 0.717) is 31.9 Å². The number of nitrogens with one attached hydrogen (secondary N) is 1. The van der Waals surface area contributed by atoms with Crippen LogP contribution in [-0.4, -0.2) is 59.3 Å². The van der Waals surface area contributed by atoms with Gasteiger partial charge in [-0.1, -0.05) is 0 Å². The SMILES string of the molecule is CC(=O)Nc1ccc(S(=O)(=O)N2CCN(c3cc(-n4cccc4)ncn3)CC2)cc1. The fourth-order valence-corrected chi connectivity index (χ4v) is 4.78. The first kappa shape index (κ1) is 20.0. The van der Waals surface area contributed by atoms with Crippen LogP contribution in [0.5, 0.6) is 0 Å². The van der Waals surface area contributed by atoms with Crippen molar-refractivity contribution in [2.45, 2.75) is 11.8 Å². The predicted octanol–water partition coefficient (Wildman–Crippen LogP) is 1.74. The molecule has 1 saturated heterocycles. The topological polar surface area (TPSA) is 100 Å². The van der Waals surface area contributed by atoms with Crippen LogP contribution in [0.2, 0.25) is 0 Å². The summed E-state index contributed by atoms with van der Waals surface area (Å²) >= 11 is 0. The first-order chi connectivity index (χ1) is 14.4. The molecule has 0 bridgehead atoms. The number of rotatable bonds is 5. The number of nitrogens with zero attached hydrogens (tertiary/aromatic N) is 5. The van der Waals surface area contributed by atoms with Gasteiger partial charge in [0.2, 0.25) is 15.9 Å². The van der Waals surface area contributed by atoms with Crippen molar-refractivity contribution in [1.29, 1.82) is 0 Å². The molecule has 4 rings (SSSR count). The lowest BCUT2D eigenvalue weighted by molar-refractivity contribution is -0.114. The molecular formula is C20H22N6O3S. The maximum Gasteiger partial charge on any atom is 0.243 e. The van der Waals surface area contributed by atoms with E-state index in [1.54, 1.807) is 12.1 Å². The van der Waals surface area contributed by atoms with Gasteiger partial charge in [-0.15, -0.1) is 0 Å². The Balaban J connectivity index is 1.44. The largest absolute Gasteiger partial charge is 0.354 e. The van der Waals surface area contributed by atoms with Crippen molar-refractivity contribution >= 4 is 27.4 Å². The van der Waals surface area contributed by atoms with E-state index in [1.165, 1.54) is 29.7 Å². The van der Waals surface area contributed by atoms with Gasteiger partial charge in [0.05, 0.1) is 4.90 Å². The molecule has 1 fully saturated rings. The van der Waals surface area contributed by atoms with Gasteiger partial charge < -0.3 is 14.8 Å². The van der Waals surface area contributed by atoms with Crippen LogP contribution in [0, 0.1) is 0 Å². The van der Waals surface area contributed by atoms with Crippen molar-refractivity contribution in [2.75, 3.05) is 36.4 Å². The van der Waals surface area contributed by atoms with Crippen molar-refractivity contribution in [3.63, 3.8) is 0 Å².